The first-order valence-electron chi connectivity index (χ1n) is 6.37. The third-order valence-electron chi connectivity index (χ3n) is 2.88. The fourth-order valence-electron chi connectivity index (χ4n) is 1.74. The average Bonchev–Trinajstić information content (AvgIpc) is 2.42. The van der Waals surface area contributed by atoms with E-state index in [0.29, 0.717) is 5.56 Å². The highest BCUT2D eigenvalue weighted by Crippen LogP contribution is 2.10. The summed E-state index contributed by atoms with van der Waals surface area (Å²) in [5.74, 6) is -1.05. The van der Waals surface area contributed by atoms with Crippen molar-refractivity contribution in [1.29, 1.82) is 5.26 Å². The van der Waals surface area contributed by atoms with Gasteiger partial charge in [0, 0.05) is 5.56 Å². The number of benzene rings is 1. The van der Waals surface area contributed by atoms with Crippen LogP contribution < -0.4 is 5.32 Å². The number of nitrogens with zero attached hydrogens (tertiary/aromatic N) is 1. The van der Waals surface area contributed by atoms with E-state index in [1.54, 1.807) is 32.0 Å². The Balaban J connectivity index is 2.81. The molecule has 0 fully saturated rings. The summed E-state index contributed by atoms with van der Waals surface area (Å²) in [5.41, 5.74) is 1.35. The molecule has 0 bridgehead atoms. The number of amides is 1. The molecule has 1 aromatic rings. The Bertz CT molecular complexity index is 532. The van der Waals surface area contributed by atoms with Crippen molar-refractivity contribution >= 4 is 11.9 Å². The first-order valence-corrected chi connectivity index (χ1v) is 6.37. The molecule has 0 spiro atoms. The number of hydrogen-bond donors (Lipinski definition) is 1. The number of carbonyl (C=O) groups is 2. The Labute approximate surface area is 118 Å². The quantitative estimate of drug-likeness (QED) is 0.830. The highest BCUT2D eigenvalue weighted by molar-refractivity contribution is 5.98. The van der Waals surface area contributed by atoms with Gasteiger partial charge in [-0.1, -0.05) is 32.0 Å². The third-order valence-corrected chi connectivity index (χ3v) is 2.88. The summed E-state index contributed by atoms with van der Waals surface area (Å²) in [5, 5.41) is 11.1. The summed E-state index contributed by atoms with van der Waals surface area (Å²) in [7, 11) is 0. The van der Waals surface area contributed by atoms with Gasteiger partial charge in [-0.2, -0.15) is 5.26 Å². The van der Waals surface area contributed by atoms with Crippen LogP contribution in [0.2, 0.25) is 0 Å². The van der Waals surface area contributed by atoms with Crippen LogP contribution in [0.5, 0.6) is 0 Å². The molecule has 5 nitrogen and oxygen atoms in total. The van der Waals surface area contributed by atoms with Crippen molar-refractivity contribution in [2.75, 3.05) is 6.61 Å². The molecule has 0 aliphatic rings. The van der Waals surface area contributed by atoms with E-state index in [2.05, 4.69) is 5.32 Å². The zero-order chi connectivity index (χ0) is 15.1. The molecule has 1 aromatic carbocycles. The highest BCUT2D eigenvalue weighted by Gasteiger charge is 2.26. The zero-order valence-electron chi connectivity index (χ0n) is 11.8. The standard InChI is InChI=1S/C15H18N2O3/c1-10(2)13(15(19)20-9-8-16)17-14(18)12-7-5-4-6-11(12)3/h4-7,10,13H,9H2,1-3H3,(H,17,18)/t13-/m0/s1. The van der Waals surface area contributed by atoms with Crippen molar-refractivity contribution < 1.29 is 14.3 Å². The van der Waals surface area contributed by atoms with Crippen LogP contribution in [-0.4, -0.2) is 24.5 Å². The van der Waals surface area contributed by atoms with Gasteiger partial charge in [-0.3, -0.25) is 4.79 Å². The van der Waals surface area contributed by atoms with Crippen LogP contribution in [0.1, 0.15) is 29.8 Å². The minimum atomic E-state index is -0.768. The Hall–Kier alpha value is -2.35. The van der Waals surface area contributed by atoms with Gasteiger partial charge in [0.2, 0.25) is 0 Å². The van der Waals surface area contributed by atoms with E-state index in [9.17, 15) is 9.59 Å². The van der Waals surface area contributed by atoms with Gasteiger partial charge in [-0.25, -0.2) is 4.79 Å². The fraction of sp³-hybridized carbons (Fsp3) is 0.400. The van der Waals surface area contributed by atoms with Crippen LogP contribution in [0, 0.1) is 24.2 Å². The van der Waals surface area contributed by atoms with Gasteiger partial charge in [0.15, 0.2) is 6.61 Å². The lowest BCUT2D eigenvalue weighted by Crippen LogP contribution is -2.45. The number of nitriles is 1. The van der Waals surface area contributed by atoms with Gasteiger partial charge in [0.1, 0.15) is 12.1 Å². The van der Waals surface area contributed by atoms with Crippen LogP contribution in [0.15, 0.2) is 24.3 Å². The van der Waals surface area contributed by atoms with Crippen LogP contribution in [0.4, 0.5) is 0 Å². The maximum Gasteiger partial charge on any atom is 0.329 e. The lowest BCUT2D eigenvalue weighted by atomic mass is 10.0. The van der Waals surface area contributed by atoms with Crippen molar-refractivity contribution in [2.24, 2.45) is 5.92 Å². The summed E-state index contributed by atoms with van der Waals surface area (Å²) in [6.07, 6.45) is 0. The van der Waals surface area contributed by atoms with E-state index in [1.165, 1.54) is 0 Å². The smallest absolute Gasteiger partial charge is 0.329 e. The van der Waals surface area contributed by atoms with Crippen LogP contribution in [0.3, 0.4) is 0 Å². The molecule has 5 heteroatoms. The first kappa shape index (κ1) is 15.7. The Morgan fingerprint density at radius 2 is 2.00 bits per heavy atom. The van der Waals surface area contributed by atoms with Crippen LogP contribution in [-0.2, 0) is 9.53 Å². The monoisotopic (exact) mass is 274 g/mol. The SMILES string of the molecule is Cc1ccccc1C(=O)N[C@H](C(=O)OCC#N)C(C)C. The summed E-state index contributed by atoms with van der Waals surface area (Å²) < 4.78 is 4.77. The molecular weight excluding hydrogens is 256 g/mol. The van der Waals surface area contributed by atoms with Gasteiger partial charge in [0.25, 0.3) is 5.91 Å². The summed E-state index contributed by atoms with van der Waals surface area (Å²) in [4.78, 5) is 24.0. The van der Waals surface area contributed by atoms with E-state index < -0.39 is 12.0 Å². The number of carbonyl (C=O) groups excluding carboxylic acids is 2. The second-order valence-electron chi connectivity index (χ2n) is 4.78. The van der Waals surface area contributed by atoms with Gasteiger partial charge in [-0.15, -0.1) is 0 Å². The fourth-order valence-corrected chi connectivity index (χ4v) is 1.74. The molecule has 0 aromatic heterocycles. The van der Waals surface area contributed by atoms with Gasteiger partial charge < -0.3 is 10.1 Å². The van der Waals surface area contributed by atoms with Gasteiger partial charge in [0.05, 0.1) is 0 Å². The van der Waals surface area contributed by atoms with E-state index in [1.807, 2.05) is 19.1 Å². The second-order valence-corrected chi connectivity index (χ2v) is 4.78. The molecule has 0 saturated heterocycles. The van der Waals surface area contributed by atoms with Crippen molar-refractivity contribution in [3.05, 3.63) is 35.4 Å². The normalized spacial score (nSPS) is 11.6. The van der Waals surface area contributed by atoms with Crippen molar-refractivity contribution in [2.45, 2.75) is 26.8 Å². The second kappa shape index (κ2) is 7.29. The predicted molar refractivity (Wildman–Crippen MR) is 73.8 cm³/mol. The average molecular weight is 274 g/mol. The van der Waals surface area contributed by atoms with Gasteiger partial charge in [-0.05, 0) is 24.5 Å². The Morgan fingerprint density at radius 1 is 1.35 bits per heavy atom. The molecule has 1 N–H and O–H groups in total. The maximum absolute atomic E-state index is 12.2. The number of esters is 1. The molecule has 0 aliphatic heterocycles. The maximum atomic E-state index is 12.2. The van der Waals surface area contributed by atoms with Crippen molar-refractivity contribution in [3.63, 3.8) is 0 Å². The molecule has 0 radical (unpaired) electrons. The van der Waals surface area contributed by atoms with E-state index in [-0.39, 0.29) is 18.4 Å². The minimum Gasteiger partial charge on any atom is -0.449 e. The first-order chi connectivity index (χ1) is 9.47. The summed E-state index contributed by atoms with van der Waals surface area (Å²) >= 11 is 0. The van der Waals surface area contributed by atoms with Crippen molar-refractivity contribution in [1.82, 2.24) is 5.32 Å². The largest absolute Gasteiger partial charge is 0.449 e. The molecule has 0 aliphatic carbocycles. The number of hydrogen-bond acceptors (Lipinski definition) is 4. The lowest BCUT2D eigenvalue weighted by Gasteiger charge is -2.20. The number of rotatable bonds is 5. The molecule has 1 amide bonds. The molecule has 106 valence electrons. The molecule has 0 heterocycles. The topological polar surface area (TPSA) is 79.2 Å². The van der Waals surface area contributed by atoms with Crippen LogP contribution in [0.25, 0.3) is 0 Å². The Kier molecular flexibility index (Phi) is 5.73. The molecule has 20 heavy (non-hydrogen) atoms. The van der Waals surface area contributed by atoms with Gasteiger partial charge >= 0.3 is 5.97 Å². The number of nitrogens with one attached hydrogen (secondary N) is 1. The van der Waals surface area contributed by atoms with E-state index >= 15 is 0 Å². The van der Waals surface area contributed by atoms with E-state index in [0.717, 1.165) is 5.56 Å². The molecule has 0 saturated carbocycles. The molecule has 1 atom stereocenters. The van der Waals surface area contributed by atoms with E-state index in [4.69, 9.17) is 10.00 Å². The summed E-state index contributed by atoms with van der Waals surface area (Å²) in [6.45, 7) is 5.11. The number of aryl methyl sites for hydroxylation is 1. The lowest BCUT2D eigenvalue weighted by molar-refractivity contribution is -0.145. The predicted octanol–water partition coefficient (Wildman–Crippen LogP) is 1.82. The third kappa shape index (κ3) is 4.09. The van der Waals surface area contributed by atoms with Crippen molar-refractivity contribution in [3.8, 4) is 6.07 Å². The molecular formula is C15H18N2O3. The van der Waals surface area contributed by atoms with Crippen LogP contribution >= 0.6 is 0 Å². The highest BCUT2D eigenvalue weighted by atomic mass is 16.5. The Morgan fingerprint density at radius 3 is 2.55 bits per heavy atom. The summed E-state index contributed by atoms with van der Waals surface area (Å²) in [6, 6.07) is 8.09. The zero-order valence-corrected chi connectivity index (χ0v) is 11.8. The number of ether oxygens (including phenoxy) is 1. The minimum absolute atomic E-state index is 0.130. The molecule has 1 rings (SSSR count). The molecule has 0 unspecified atom stereocenters.